The van der Waals surface area contributed by atoms with Crippen molar-refractivity contribution in [3.8, 4) is 11.5 Å². The maximum atomic E-state index is 5.54. The van der Waals surface area contributed by atoms with Crippen LogP contribution in [-0.4, -0.2) is 34.3 Å². The van der Waals surface area contributed by atoms with Crippen molar-refractivity contribution in [2.24, 2.45) is 12.0 Å². The van der Waals surface area contributed by atoms with Gasteiger partial charge in [-0.05, 0) is 24.1 Å². The van der Waals surface area contributed by atoms with E-state index in [1.165, 1.54) is 5.56 Å². The fourth-order valence-electron chi connectivity index (χ4n) is 2.42. The molecule has 0 spiro atoms. The van der Waals surface area contributed by atoms with Gasteiger partial charge in [0, 0.05) is 32.4 Å². The number of rotatable bonds is 6. The van der Waals surface area contributed by atoms with Gasteiger partial charge in [-0.1, -0.05) is 18.2 Å². The van der Waals surface area contributed by atoms with E-state index < -0.39 is 0 Å². The second-order valence-corrected chi connectivity index (χ2v) is 5.63. The average molecular weight is 338 g/mol. The predicted octanol–water partition coefficient (Wildman–Crippen LogP) is 1.98. The summed E-state index contributed by atoms with van der Waals surface area (Å²) in [5.74, 6) is 1.35. The van der Waals surface area contributed by atoms with Gasteiger partial charge in [0.1, 0.15) is 6.26 Å². The topological polar surface area (TPSA) is 80.3 Å². The molecule has 3 aromatic rings. The summed E-state index contributed by atoms with van der Waals surface area (Å²) in [6, 6.07) is 9.84. The molecule has 0 unspecified atom stereocenters. The molecule has 0 aliphatic carbocycles. The van der Waals surface area contributed by atoms with Crippen LogP contribution in [0.15, 0.2) is 58.4 Å². The second kappa shape index (κ2) is 8.14. The fourth-order valence-corrected chi connectivity index (χ4v) is 2.42. The zero-order chi connectivity index (χ0) is 17.5. The first-order valence-corrected chi connectivity index (χ1v) is 8.16. The van der Waals surface area contributed by atoms with Crippen molar-refractivity contribution in [1.82, 2.24) is 25.4 Å². The SMILES string of the molecule is CN=C(NCCc1cnn(C)c1)NCc1coc(-c2ccccc2)n1. The lowest BCUT2D eigenvalue weighted by Crippen LogP contribution is -2.37. The minimum absolute atomic E-state index is 0.545. The molecule has 0 saturated heterocycles. The molecule has 130 valence electrons. The van der Waals surface area contributed by atoms with Crippen molar-refractivity contribution in [1.29, 1.82) is 0 Å². The van der Waals surface area contributed by atoms with Crippen molar-refractivity contribution >= 4 is 5.96 Å². The van der Waals surface area contributed by atoms with Crippen LogP contribution in [0.25, 0.3) is 11.5 Å². The van der Waals surface area contributed by atoms with Crippen LogP contribution in [0.4, 0.5) is 0 Å². The van der Waals surface area contributed by atoms with Crippen LogP contribution in [0.2, 0.25) is 0 Å². The van der Waals surface area contributed by atoms with Crippen molar-refractivity contribution in [2.45, 2.75) is 13.0 Å². The summed E-state index contributed by atoms with van der Waals surface area (Å²) in [6.07, 6.45) is 6.44. The van der Waals surface area contributed by atoms with Gasteiger partial charge in [0.05, 0.1) is 18.4 Å². The van der Waals surface area contributed by atoms with Crippen molar-refractivity contribution in [3.05, 3.63) is 60.2 Å². The molecule has 0 saturated carbocycles. The minimum Gasteiger partial charge on any atom is -0.444 e. The number of guanidine groups is 1. The molecule has 2 heterocycles. The first kappa shape index (κ1) is 16.8. The Kier molecular flexibility index (Phi) is 5.46. The normalized spacial score (nSPS) is 11.5. The summed E-state index contributed by atoms with van der Waals surface area (Å²) in [5, 5.41) is 10.7. The number of aliphatic imine (C=N–C) groups is 1. The average Bonchev–Trinajstić information content (AvgIpc) is 3.28. The predicted molar refractivity (Wildman–Crippen MR) is 97.1 cm³/mol. The number of oxazole rings is 1. The van der Waals surface area contributed by atoms with Gasteiger partial charge in [0.2, 0.25) is 5.89 Å². The van der Waals surface area contributed by atoms with Gasteiger partial charge in [-0.2, -0.15) is 5.10 Å². The number of nitrogens with zero attached hydrogens (tertiary/aromatic N) is 4. The number of hydrogen-bond donors (Lipinski definition) is 2. The maximum Gasteiger partial charge on any atom is 0.226 e. The van der Waals surface area contributed by atoms with Crippen LogP contribution in [0.5, 0.6) is 0 Å². The molecule has 1 aromatic carbocycles. The molecule has 0 amide bonds. The molecule has 2 N–H and O–H groups in total. The smallest absolute Gasteiger partial charge is 0.226 e. The minimum atomic E-state index is 0.545. The lowest BCUT2D eigenvalue weighted by Gasteiger charge is -2.10. The van der Waals surface area contributed by atoms with Crippen LogP contribution >= 0.6 is 0 Å². The van der Waals surface area contributed by atoms with Gasteiger partial charge in [0.25, 0.3) is 0 Å². The van der Waals surface area contributed by atoms with E-state index in [1.54, 1.807) is 18.0 Å². The third-order valence-electron chi connectivity index (χ3n) is 3.70. The number of nitrogens with one attached hydrogen (secondary N) is 2. The Morgan fingerprint density at radius 3 is 2.80 bits per heavy atom. The van der Waals surface area contributed by atoms with E-state index in [1.807, 2.05) is 49.8 Å². The summed E-state index contributed by atoms with van der Waals surface area (Å²) in [7, 11) is 3.66. The third-order valence-corrected chi connectivity index (χ3v) is 3.70. The van der Waals surface area contributed by atoms with Crippen molar-refractivity contribution in [2.75, 3.05) is 13.6 Å². The van der Waals surface area contributed by atoms with Gasteiger partial charge >= 0.3 is 0 Å². The molecule has 7 nitrogen and oxygen atoms in total. The quantitative estimate of drug-likeness (QED) is 0.531. The Hall–Kier alpha value is -3.09. The molecule has 25 heavy (non-hydrogen) atoms. The van der Waals surface area contributed by atoms with E-state index in [2.05, 4.69) is 25.7 Å². The second-order valence-electron chi connectivity index (χ2n) is 5.63. The molecule has 0 radical (unpaired) electrons. The first-order valence-electron chi connectivity index (χ1n) is 8.16. The molecule has 0 atom stereocenters. The lowest BCUT2D eigenvalue weighted by atomic mass is 10.2. The summed E-state index contributed by atoms with van der Waals surface area (Å²) in [5.41, 5.74) is 2.98. The molecule has 7 heteroatoms. The summed E-state index contributed by atoms with van der Waals surface area (Å²) in [4.78, 5) is 8.71. The number of hydrogen-bond acceptors (Lipinski definition) is 4. The van der Waals surface area contributed by atoms with Crippen LogP contribution in [0.1, 0.15) is 11.3 Å². The zero-order valence-corrected chi connectivity index (χ0v) is 14.4. The Labute approximate surface area is 146 Å². The van der Waals surface area contributed by atoms with E-state index in [4.69, 9.17) is 4.42 Å². The van der Waals surface area contributed by atoms with Gasteiger partial charge < -0.3 is 15.1 Å². The fraction of sp³-hybridized carbons (Fsp3) is 0.278. The van der Waals surface area contributed by atoms with Gasteiger partial charge in [-0.15, -0.1) is 0 Å². The van der Waals surface area contributed by atoms with E-state index >= 15 is 0 Å². The highest BCUT2D eigenvalue weighted by atomic mass is 16.3. The third kappa shape index (κ3) is 4.69. The molecule has 0 aliphatic rings. The van der Waals surface area contributed by atoms with Crippen LogP contribution in [-0.2, 0) is 20.0 Å². The highest BCUT2D eigenvalue weighted by Crippen LogP contribution is 2.17. The molecule has 0 fully saturated rings. The number of benzene rings is 1. The van der Waals surface area contributed by atoms with E-state index in [9.17, 15) is 0 Å². The Bertz CT molecular complexity index is 821. The largest absolute Gasteiger partial charge is 0.444 e. The summed E-state index contributed by atoms with van der Waals surface area (Å²) in [6.45, 7) is 1.32. The van der Waals surface area contributed by atoms with Crippen LogP contribution in [0, 0.1) is 0 Å². The van der Waals surface area contributed by atoms with Gasteiger partial charge in [0.15, 0.2) is 5.96 Å². The number of aryl methyl sites for hydroxylation is 1. The Morgan fingerprint density at radius 2 is 2.08 bits per heavy atom. The molecule has 0 bridgehead atoms. The van der Waals surface area contributed by atoms with E-state index in [0.29, 0.717) is 12.4 Å². The first-order chi connectivity index (χ1) is 12.2. The zero-order valence-electron chi connectivity index (χ0n) is 14.4. The maximum absolute atomic E-state index is 5.54. The highest BCUT2D eigenvalue weighted by Gasteiger charge is 2.07. The molecule has 0 aliphatic heterocycles. The van der Waals surface area contributed by atoms with Crippen molar-refractivity contribution < 1.29 is 4.42 Å². The summed E-state index contributed by atoms with van der Waals surface area (Å²) < 4.78 is 7.34. The van der Waals surface area contributed by atoms with Crippen molar-refractivity contribution in [3.63, 3.8) is 0 Å². The molecular weight excluding hydrogens is 316 g/mol. The highest BCUT2D eigenvalue weighted by molar-refractivity contribution is 5.79. The van der Waals surface area contributed by atoms with Gasteiger partial charge in [-0.3, -0.25) is 9.67 Å². The summed E-state index contributed by atoms with van der Waals surface area (Å²) >= 11 is 0. The number of aromatic nitrogens is 3. The van der Waals surface area contributed by atoms with E-state index in [-0.39, 0.29) is 0 Å². The molecular formula is C18H22N6O. The molecule has 2 aromatic heterocycles. The molecule has 3 rings (SSSR count). The Balaban J connectivity index is 1.47. The Morgan fingerprint density at radius 1 is 1.24 bits per heavy atom. The van der Waals surface area contributed by atoms with E-state index in [0.717, 1.165) is 30.2 Å². The monoisotopic (exact) mass is 338 g/mol. The van der Waals surface area contributed by atoms with Gasteiger partial charge in [-0.25, -0.2) is 4.98 Å². The van der Waals surface area contributed by atoms with Crippen LogP contribution in [0.3, 0.4) is 0 Å². The standard InChI is InChI=1S/C18H22N6O/c1-19-18(20-9-8-14-10-22-24(2)12-14)21-11-16-13-25-17(23-16)15-6-4-3-5-7-15/h3-7,10,12-13H,8-9,11H2,1-2H3,(H2,19,20,21). The van der Waals surface area contributed by atoms with Crippen LogP contribution < -0.4 is 10.6 Å². The lowest BCUT2D eigenvalue weighted by molar-refractivity contribution is 0.572.